The zero-order valence-corrected chi connectivity index (χ0v) is 12.2. The van der Waals surface area contributed by atoms with Crippen LogP contribution in [0.15, 0.2) is 24.3 Å². The van der Waals surface area contributed by atoms with Crippen LogP contribution in [-0.2, 0) is 11.2 Å². The number of benzene rings is 1. The van der Waals surface area contributed by atoms with Crippen LogP contribution < -0.4 is 0 Å². The summed E-state index contributed by atoms with van der Waals surface area (Å²) in [4.78, 5) is 11.1. The molecule has 1 heterocycles. The lowest BCUT2D eigenvalue weighted by Crippen LogP contribution is -2.20. The second-order valence-electron chi connectivity index (χ2n) is 4.75. The molecule has 0 fully saturated rings. The van der Waals surface area contributed by atoms with E-state index in [0.29, 0.717) is 5.56 Å². The van der Waals surface area contributed by atoms with E-state index in [4.69, 9.17) is 5.11 Å². The maximum atomic E-state index is 11.1. The molecule has 0 spiro atoms. The highest BCUT2D eigenvalue weighted by Crippen LogP contribution is 2.35. The third-order valence-electron chi connectivity index (χ3n) is 3.29. The summed E-state index contributed by atoms with van der Waals surface area (Å²) in [6, 6.07) is 3.99. The van der Waals surface area contributed by atoms with Gasteiger partial charge in [0.1, 0.15) is 17.5 Å². The standard InChI is InChI=1S/C14H15NO6S/c16-9-2-1-7(11(17)5-9)3-8-4-12(18)15(13(8)19)10(6-22)14(20)21/h1-2,4-5,10,16-19,22H,3,6H2,(H,20,21). The fourth-order valence-corrected chi connectivity index (χ4v) is 2.49. The summed E-state index contributed by atoms with van der Waals surface area (Å²) in [5.74, 6) is -2.45. The van der Waals surface area contributed by atoms with Crippen LogP contribution in [0.25, 0.3) is 0 Å². The SMILES string of the molecule is O=C(O)C(CS)n1c(O)cc(Cc2ccc(O)cc2O)c1O. The molecule has 1 atom stereocenters. The first-order valence-corrected chi connectivity index (χ1v) is 6.95. The second kappa shape index (κ2) is 6.10. The molecule has 0 aliphatic heterocycles. The Bertz CT molecular complexity index is 712. The minimum absolute atomic E-state index is 0.0530. The van der Waals surface area contributed by atoms with Gasteiger partial charge in [-0.3, -0.25) is 4.57 Å². The van der Waals surface area contributed by atoms with Crippen molar-refractivity contribution in [1.29, 1.82) is 0 Å². The molecular weight excluding hydrogens is 310 g/mol. The molecule has 7 nitrogen and oxygen atoms in total. The van der Waals surface area contributed by atoms with Crippen molar-refractivity contribution in [3.8, 4) is 23.3 Å². The number of carbonyl (C=O) groups is 1. The molecule has 0 aliphatic rings. The highest BCUT2D eigenvalue weighted by molar-refractivity contribution is 7.80. The highest BCUT2D eigenvalue weighted by Gasteiger charge is 2.26. The topological polar surface area (TPSA) is 123 Å². The summed E-state index contributed by atoms with van der Waals surface area (Å²) < 4.78 is 0.863. The van der Waals surface area contributed by atoms with Gasteiger partial charge in [-0.2, -0.15) is 12.6 Å². The van der Waals surface area contributed by atoms with Crippen molar-refractivity contribution in [2.24, 2.45) is 0 Å². The van der Waals surface area contributed by atoms with E-state index in [2.05, 4.69) is 12.6 Å². The molecule has 0 bridgehead atoms. The summed E-state index contributed by atoms with van der Waals surface area (Å²) in [6.45, 7) is 0. The first-order chi connectivity index (χ1) is 10.3. The van der Waals surface area contributed by atoms with E-state index >= 15 is 0 Å². The van der Waals surface area contributed by atoms with Crippen LogP contribution in [0.2, 0.25) is 0 Å². The quantitative estimate of drug-likeness (QED) is 0.463. The van der Waals surface area contributed by atoms with Crippen LogP contribution in [0.5, 0.6) is 23.3 Å². The van der Waals surface area contributed by atoms with Crippen LogP contribution >= 0.6 is 12.6 Å². The molecule has 0 saturated carbocycles. The molecule has 118 valence electrons. The summed E-state index contributed by atoms with van der Waals surface area (Å²) >= 11 is 3.91. The van der Waals surface area contributed by atoms with Crippen molar-refractivity contribution in [1.82, 2.24) is 4.57 Å². The summed E-state index contributed by atoms with van der Waals surface area (Å²) in [6.07, 6.45) is 0.0530. The van der Waals surface area contributed by atoms with Crippen LogP contribution in [-0.4, -0.2) is 41.8 Å². The molecule has 2 aromatic rings. The Kier molecular flexibility index (Phi) is 4.41. The normalized spacial score (nSPS) is 12.2. The smallest absolute Gasteiger partial charge is 0.327 e. The lowest BCUT2D eigenvalue weighted by Gasteiger charge is -2.14. The van der Waals surface area contributed by atoms with Gasteiger partial charge in [0.25, 0.3) is 0 Å². The van der Waals surface area contributed by atoms with E-state index in [1.165, 1.54) is 18.2 Å². The number of aromatic nitrogens is 1. The van der Waals surface area contributed by atoms with Gasteiger partial charge in [0, 0.05) is 29.9 Å². The van der Waals surface area contributed by atoms with Crippen molar-refractivity contribution in [2.45, 2.75) is 12.5 Å². The van der Waals surface area contributed by atoms with E-state index in [-0.39, 0.29) is 29.2 Å². The monoisotopic (exact) mass is 325 g/mol. The fraction of sp³-hybridized carbons (Fsp3) is 0.214. The third-order valence-corrected chi connectivity index (χ3v) is 3.63. The zero-order chi connectivity index (χ0) is 16.4. The minimum atomic E-state index is -1.24. The highest BCUT2D eigenvalue weighted by atomic mass is 32.1. The van der Waals surface area contributed by atoms with E-state index in [1.807, 2.05) is 0 Å². The number of aliphatic carboxylic acids is 1. The van der Waals surface area contributed by atoms with Crippen LogP contribution in [0, 0.1) is 0 Å². The third kappa shape index (κ3) is 2.91. The van der Waals surface area contributed by atoms with E-state index < -0.39 is 23.8 Å². The van der Waals surface area contributed by atoms with Crippen LogP contribution in [0.1, 0.15) is 17.2 Å². The van der Waals surface area contributed by atoms with Gasteiger partial charge in [0.2, 0.25) is 0 Å². The molecule has 2 rings (SSSR count). The lowest BCUT2D eigenvalue weighted by molar-refractivity contribution is -0.140. The Hall–Kier alpha value is -2.48. The van der Waals surface area contributed by atoms with Crippen molar-refractivity contribution < 1.29 is 30.3 Å². The molecule has 0 amide bonds. The summed E-state index contributed by atoms with van der Waals surface area (Å²) in [7, 11) is 0. The fourth-order valence-electron chi connectivity index (χ4n) is 2.17. The van der Waals surface area contributed by atoms with Crippen molar-refractivity contribution >= 4 is 18.6 Å². The Morgan fingerprint density at radius 3 is 2.36 bits per heavy atom. The predicted molar refractivity (Wildman–Crippen MR) is 80.9 cm³/mol. The average Bonchev–Trinajstić information content (AvgIpc) is 2.70. The first kappa shape index (κ1) is 15.9. The van der Waals surface area contributed by atoms with E-state index in [0.717, 1.165) is 10.6 Å². The molecule has 0 saturated heterocycles. The van der Waals surface area contributed by atoms with Crippen molar-refractivity contribution in [3.05, 3.63) is 35.4 Å². The first-order valence-electron chi connectivity index (χ1n) is 6.31. The molecule has 5 N–H and O–H groups in total. The summed E-state index contributed by atoms with van der Waals surface area (Å²) in [5.41, 5.74) is 0.648. The molecule has 22 heavy (non-hydrogen) atoms. The largest absolute Gasteiger partial charge is 0.508 e. The molecule has 1 unspecified atom stereocenters. The van der Waals surface area contributed by atoms with Crippen LogP contribution in [0.3, 0.4) is 0 Å². The van der Waals surface area contributed by atoms with Gasteiger partial charge >= 0.3 is 5.97 Å². The van der Waals surface area contributed by atoms with E-state index in [9.17, 15) is 25.2 Å². The number of aromatic hydroxyl groups is 4. The van der Waals surface area contributed by atoms with Gasteiger partial charge < -0.3 is 25.5 Å². The maximum absolute atomic E-state index is 11.1. The van der Waals surface area contributed by atoms with Crippen LogP contribution in [0.4, 0.5) is 0 Å². The summed E-state index contributed by atoms with van der Waals surface area (Å²) in [5, 5.41) is 48.1. The Morgan fingerprint density at radius 1 is 1.14 bits per heavy atom. The van der Waals surface area contributed by atoms with Gasteiger partial charge in [-0.25, -0.2) is 4.79 Å². The number of thiol groups is 1. The zero-order valence-electron chi connectivity index (χ0n) is 11.3. The lowest BCUT2D eigenvalue weighted by atomic mass is 10.1. The number of hydrogen-bond acceptors (Lipinski definition) is 6. The maximum Gasteiger partial charge on any atom is 0.327 e. The predicted octanol–water partition coefficient (Wildman–Crippen LogP) is 1.46. The minimum Gasteiger partial charge on any atom is -0.508 e. The number of rotatable bonds is 5. The Morgan fingerprint density at radius 2 is 1.82 bits per heavy atom. The van der Waals surface area contributed by atoms with Gasteiger partial charge in [-0.05, 0) is 11.6 Å². The molecule has 0 aliphatic carbocycles. The Balaban J connectivity index is 2.39. The number of phenols is 2. The average molecular weight is 325 g/mol. The number of carboxylic acids is 1. The van der Waals surface area contributed by atoms with E-state index in [1.54, 1.807) is 0 Å². The van der Waals surface area contributed by atoms with Gasteiger partial charge in [0.15, 0.2) is 11.8 Å². The second-order valence-corrected chi connectivity index (χ2v) is 5.11. The molecule has 1 aromatic carbocycles. The number of carboxylic acid groups (broad SMARTS) is 1. The number of nitrogens with zero attached hydrogens (tertiary/aromatic N) is 1. The van der Waals surface area contributed by atoms with Crippen molar-refractivity contribution in [2.75, 3.05) is 5.75 Å². The number of hydrogen-bond donors (Lipinski definition) is 6. The van der Waals surface area contributed by atoms with Gasteiger partial charge in [0.05, 0.1) is 0 Å². The number of phenolic OH excluding ortho intramolecular Hbond substituents is 2. The van der Waals surface area contributed by atoms with Gasteiger partial charge in [-0.1, -0.05) is 6.07 Å². The molecule has 1 aromatic heterocycles. The Labute approximate surface area is 131 Å². The van der Waals surface area contributed by atoms with Gasteiger partial charge in [-0.15, -0.1) is 0 Å². The molecule has 0 radical (unpaired) electrons. The van der Waals surface area contributed by atoms with Crippen molar-refractivity contribution in [3.63, 3.8) is 0 Å². The molecule has 8 heteroatoms. The molecular formula is C14H15NO6S.